The Balaban J connectivity index is 2.35. The molecule has 1 heterocycles. The zero-order valence-electron chi connectivity index (χ0n) is 13.7. The number of nitrogens with zero attached hydrogens (tertiary/aromatic N) is 2. The van der Waals surface area contributed by atoms with E-state index in [1.807, 2.05) is 0 Å². The average molecular weight is 279 g/mol. The third-order valence-electron chi connectivity index (χ3n) is 5.16. The Kier molecular flexibility index (Phi) is 8.18. The van der Waals surface area contributed by atoms with Crippen LogP contribution in [0.25, 0.3) is 0 Å². The van der Waals surface area contributed by atoms with E-state index < -0.39 is 0 Å². The third kappa shape index (κ3) is 5.42. The van der Waals surface area contributed by atoms with Crippen LogP contribution in [-0.2, 0) is 0 Å². The minimum absolute atomic E-state index is 0.330. The van der Waals surface area contributed by atoms with Crippen LogP contribution in [-0.4, -0.2) is 37.1 Å². The van der Waals surface area contributed by atoms with Gasteiger partial charge in [0.05, 0.1) is 6.07 Å². The van der Waals surface area contributed by atoms with Gasteiger partial charge in [-0.3, -0.25) is 0 Å². The summed E-state index contributed by atoms with van der Waals surface area (Å²) in [6.07, 6.45) is 7.90. The fourth-order valence-corrected chi connectivity index (χ4v) is 3.30. The Hall–Kier alpha value is -0.590. The maximum Gasteiger partial charge on any atom is 0.0621 e. The molecule has 3 heteroatoms. The van der Waals surface area contributed by atoms with E-state index in [0.29, 0.717) is 17.9 Å². The highest BCUT2D eigenvalue weighted by Gasteiger charge is 2.27. The Labute approximate surface area is 125 Å². The number of piperidine rings is 1. The van der Waals surface area contributed by atoms with Crippen molar-refractivity contribution in [1.29, 1.82) is 5.26 Å². The summed E-state index contributed by atoms with van der Waals surface area (Å²) >= 11 is 0. The van der Waals surface area contributed by atoms with Crippen molar-refractivity contribution in [2.75, 3.05) is 26.2 Å². The number of hydrogen-bond donors (Lipinski definition) is 1. The predicted octanol–water partition coefficient (Wildman–Crippen LogP) is 3.56. The number of nitrogens with one attached hydrogen (secondary N) is 1. The van der Waals surface area contributed by atoms with E-state index in [4.69, 9.17) is 5.26 Å². The minimum Gasteiger partial charge on any atom is -0.313 e. The van der Waals surface area contributed by atoms with Crippen molar-refractivity contribution in [3.05, 3.63) is 0 Å². The summed E-state index contributed by atoms with van der Waals surface area (Å²) in [7, 11) is 0. The molecule has 0 amide bonds. The molecule has 3 nitrogen and oxygen atoms in total. The third-order valence-corrected chi connectivity index (χ3v) is 5.16. The molecule has 1 rings (SSSR count). The molecule has 1 N–H and O–H groups in total. The van der Waals surface area contributed by atoms with Crippen LogP contribution in [0.1, 0.15) is 65.7 Å². The first-order chi connectivity index (χ1) is 9.69. The van der Waals surface area contributed by atoms with Gasteiger partial charge in [-0.25, -0.2) is 0 Å². The first-order valence-corrected chi connectivity index (χ1v) is 8.52. The van der Waals surface area contributed by atoms with Gasteiger partial charge in [-0.15, -0.1) is 0 Å². The lowest BCUT2D eigenvalue weighted by Crippen LogP contribution is -2.46. The molecule has 116 valence electrons. The van der Waals surface area contributed by atoms with E-state index in [1.165, 1.54) is 51.7 Å². The van der Waals surface area contributed by atoms with E-state index in [-0.39, 0.29) is 0 Å². The van der Waals surface area contributed by atoms with Gasteiger partial charge >= 0.3 is 0 Å². The standard InChI is InChI=1S/C17H33N3/c1-4-12-20-13-8-16(9-14-20)19-15-17(5-2,6-3)10-7-11-18/h16,19H,4-10,12-15H2,1-3H3. The van der Waals surface area contributed by atoms with Crippen LogP contribution in [0, 0.1) is 16.7 Å². The van der Waals surface area contributed by atoms with Crippen LogP contribution in [0.15, 0.2) is 0 Å². The van der Waals surface area contributed by atoms with Gasteiger partial charge in [-0.1, -0.05) is 20.8 Å². The topological polar surface area (TPSA) is 39.1 Å². The summed E-state index contributed by atoms with van der Waals surface area (Å²) in [4.78, 5) is 2.58. The summed E-state index contributed by atoms with van der Waals surface area (Å²) < 4.78 is 0. The molecule has 1 fully saturated rings. The molecule has 0 atom stereocenters. The smallest absolute Gasteiger partial charge is 0.0621 e. The van der Waals surface area contributed by atoms with Crippen molar-refractivity contribution >= 4 is 0 Å². The Morgan fingerprint density at radius 3 is 2.35 bits per heavy atom. The quantitative estimate of drug-likeness (QED) is 0.701. The summed E-state index contributed by atoms with van der Waals surface area (Å²) in [6.45, 7) is 11.6. The SMILES string of the molecule is CCCN1CCC(NCC(CC)(CC)CCC#N)CC1. The van der Waals surface area contributed by atoms with Gasteiger partial charge in [-0.2, -0.15) is 5.26 Å². The van der Waals surface area contributed by atoms with Crippen molar-refractivity contribution in [3.63, 3.8) is 0 Å². The Morgan fingerprint density at radius 2 is 1.85 bits per heavy atom. The molecular weight excluding hydrogens is 246 g/mol. The second-order valence-electron chi connectivity index (χ2n) is 6.36. The second kappa shape index (κ2) is 9.37. The highest BCUT2D eigenvalue weighted by atomic mass is 15.1. The molecule has 20 heavy (non-hydrogen) atoms. The summed E-state index contributed by atoms with van der Waals surface area (Å²) in [5, 5.41) is 12.6. The Morgan fingerprint density at radius 1 is 1.20 bits per heavy atom. The maximum absolute atomic E-state index is 8.84. The summed E-state index contributed by atoms with van der Waals surface area (Å²) in [5.74, 6) is 0. The zero-order chi connectivity index (χ0) is 14.8. The molecule has 0 bridgehead atoms. The minimum atomic E-state index is 0.330. The van der Waals surface area contributed by atoms with Gasteiger partial charge in [0.2, 0.25) is 0 Å². The zero-order valence-corrected chi connectivity index (χ0v) is 13.7. The molecule has 1 aliphatic rings. The van der Waals surface area contributed by atoms with Crippen LogP contribution in [0.4, 0.5) is 0 Å². The average Bonchev–Trinajstić information content (AvgIpc) is 2.50. The van der Waals surface area contributed by atoms with Gasteiger partial charge in [0.15, 0.2) is 0 Å². The van der Waals surface area contributed by atoms with Crippen LogP contribution < -0.4 is 5.32 Å². The first-order valence-electron chi connectivity index (χ1n) is 8.52. The number of hydrogen-bond acceptors (Lipinski definition) is 3. The molecule has 0 aromatic heterocycles. The lowest BCUT2D eigenvalue weighted by molar-refractivity contribution is 0.171. The molecular formula is C17H33N3. The van der Waals surface area contributed by atoms with Crippen LogP contribution in [0.5, 0.6) is 0 Å². The molecule has 0 aliphatic carbocycles. The van der Waals surface area contributed by atoms with E-state index in [0.717, 1.165) is 13.0 Å². The molecule has 1 saturated heterocycles. The largest absolute Gasteiger partial charge is 0.313 e. The molecule has 0 radical (unpaired) electrons. The maximum atomic E-state index is 8.84. The van der Waals surface area contributed by atoms with Crippen molar-refractivity contribution in [3.8, 4) is 6.07 Å². The number of rotatable bonds is 9. The highest BCUT2D eigenvalue weighted by Crippen LogP contribution is 2.31. The van der Waals surface area contributed by atoms with Gasteiger partial charge in [0.25, 0.3) is 0 Å². The van der Waals surface area contributed by atoms with E-state index >= 15 is 0 Å². The first kappa shape index (κ1) is 17.5. The molecule has 0 unspecified atom stereocenters. The van der Waals surface area contributed by atoms with E-state index in [9.17, 15) is 0 Å². The molecule has 0 aromatic carbocycles. The highest BCUT2D eigenvalue weighted by molar-refractivity contribution is 4.86. The molecule has 0 spiro atoms. The fraction of sp³-hybridized carbons (Fsp3) is 0.941. The van der Waals surface area contributed by atoms with Crippen LogP contribution in [0.3, 0.4) is 0 Å². The van der Waals surface area contributed by atoms with Gasteiger partial charge in [-0.05, 0) is 63.6 Å². The van der Waals surface area contributed by atoms with Crippen molar-refractivity contribution in [1.82, 2.24) is 10.2 Å². The van der Waals surface area contributed by atoms with Crippen LogP contribution >= 0.6 is 0 Å². The fourth-order valence-electron chi connectivity index (χ4n) is 3.30. The normalized spacial score (nSPS) is 18.1. The summed E-state index contributed by atoms with van der Waals surface area (Å²) in [6, 6.07) is 3.00. The monoisotopic (exact) mass is 279 g/mol. The van der Waals surface area contributed by atoms with Crippen LogP contribution in [0.2, 0.25) is 0 Å². The van der Waals surface area contributed by atoms with Gasteiger partial charge in [0, 0.05) is 19.0 Å². The van der Waals surface area contributed by atoms with E-state index in [1.54, 1.807) is 0 Å². The predicted molar refractivity (Wildman–Crippen MR) is 85.6 cm³/mol. The second-order valence-corrected chi connectivity index (χ2v) is 6.36. The molecule has 0 saturated carbocycles. The summed E-state index contributed by atoms with van der Waals surface area (Å²) in [5.41, 5.74) is 0.330. The van der Waals surface area contributed by atoms with Crippen molar-refractivity contribution < 1.29 is 0 Å². The molecule has 0 aromatic rings. The van der Waals surface area contributed by atoms with Gasteiger partial charge in [0.1, 0.15) is 0 Å². The number of nitriles is 1. The van der Waals surface area contributed by atoms with E-state index in [2.05, 4.69) is 37.1 Å². The lowest BCUT2D eigenvalue weighted by Gasteiger charge is -2.37. The Bertz CT molecular complexity index is 283. The number of likely N-dealkylation sites (tertiary alicyclic amines) is 1. The lowest BCUT2D eigenvalue weighted by atomic mass is 9.78. The van der Waals surface area contributed by atoms with Crippen molar-refractivity contribution in [2.24, 2.45) is 5.41 Å². The van der Waals surface area contributed by atoms with Gasteiger partial charge < -0.3 is 10.2 Å². The molecule has 1 aliphatic heterocycles. The van der Waals surface area contributed by atoms with Crippen molar-refractivity contribution in [2.45, 2.75) is 71.8 Å².